The molecule has 0 spiro atoms. The van der Waals surface area contributed by atoms with Gasteiger partial charge >= 0.3 is 0 Å². The van der Waals surface area contributed by atoms with E-state index in [1.165, 1.54) is 25.3 Å². The SMILES string of the molecule is COc1c(F)cccc1/C=C/C(N)=O. The zero-order valence-electron chi connectivity index (χ0n) is 7.66. The van der Waals surface area contributed by atoms with Crippen molar-refractivity contribution in [3.63, 3.8) is 0 Å². The summed E-state index contributed by atoms with van der Waals surface area (Å²) in [6.45, 7) is 0. The van der Waals surface area contributed by atoms with E-state index in [9.17, 15) is 9.18 Å². The Morgan fingerprint density at radius 2 is 2.29 bits per heavy atom. The van der Waals surface area contributed by atoms with Crippen molar-refractivity contribution in [3.8, 4) is 5.75 Å². The van der Waals surface area contributed by atoms with E-state index >= 15 is 0 Å². The van der Waals surface area contributed by atoms with Crippen LogP contribution in [0.2, 0.25) is 0 Å². The molecule has 2 N–H and O–H groups in total. The molecule has 0 heterocycles. The molecule has 14 heavy (non-hydrogen) atoms. The quantitative estimate of drug-likeness (QED) is 0.740. The summed E-state index contributed by atoms with van der Waals surface area (Å²) in [5, 5.41) is 0. The highest BCUT2D eigenvalue weighted by Crippen LogP contribution is 2.23. The number of halogens is 1. The van der Waals surface area contributed by atoms with Crippen molar-refractivity contribution in [2.24, 2.45) is 5.73 Å². The fourth-order valence-corrected chi connectivity index (χ4v) is 1.04. The van der Waals surface area contributed by atoms with Crippen molar-refractivity contribution >= 4 is 12.0 Å². The summed E-state index contributed by atoms with van der Waals surface area (Å²) in [5.74, 6) is -0.958. The standard InChI is InChI=1S/C10H10FNO2/c1-14-10-7(5-6-9(12)13)3-2-4-8(10)11/h2-6H,1H3,(H2,12,13)/b6-5+. The van der Waals surface area contributed by atoms with Gasteiger partial charge in [0.1, 0.15) is 0 Å². The van der Waals surface area contributed by atoms with Crippen LogP contribution in [0.1, 0.15) is 5.56 Å². The van der Waals surface area contributed by atoms with Crippen LogP contribution in [0.3, 0.4) is 0 Å². The minimum absolute atomic E-state index is 0.102. The molecule has 74 valence electrons. The number of hydrogen-bond acceptors (Lipinski definition) is 2. The predicted molar refractivity (Wildman–Crippen MR) is 51.2 cm³/mol. The van der Waals surface area contributed by atoms with Crippen LogP contribution in [0.5, 0.6) is 5.75 Å². The molecule has 0 aliphatic carbocycles. The van der Waals surface area contributed by atoms with Crippen molar-refractivity contribution in [1.29, 1.82) is 0 Å². The van der Waals surface area contributed by atoms with E-state index in [4.69, 9.17) is 10.5 Å². The van der Waals surface area contributed by atoms with Crippen LogP contribution >= 0.6 is 0 Å². The van der Waals surface area contributed by atoms with Crippen molar-refractivity contribution < 1.29 is 13.9 Å². The van der Waals surface area contributed by atoms with Crippen LogP contribution in [0.25, 0.3) is 6.08 Å². The number of primary amides is 1. The molecule has 0 saturated heterocycles. The first-order valence-corrected chi connectivity index (χ1v) is 3.95. The maximum atomic E-state index is 13.1. The number of benzene rings is 1. The Kier molecular flexibility index (Phi) is 3.23. The van der Waals surface area contributed by atoms with Gasteiger partial charge in [0.2, 0.25) is 5.91 Å². The smallest absolute Gasteiger partial charge is 0.241 e. The van der Waals surface area contributed by atoms with Crippen LogP contribution in [0, 0.1) is 5.82 Å². The first kappa shape index (κ1) is 10.2. The van der Waals surface area contributed by atoms with Crippen molar-refractivity contribution in [3.05, 3.63) is 35.7 Å². The second-order valence-electron chi connectivity index (χ2n) is 2.60. The Labute approximate surface area is 81.0 Å². The fraction of sp³-hybridized carbons (Fsp3) is 0.100. The average molecular weight is 195 g/mol. The number of methoxy groups -OCH3 is 1. The van der Waals surface area contributed by atoms with E-state index in [1.54, 1.807) is 6.07 Å². The molecule has 0 radical (unpaired) electrons. The molecule has 3 nitrogen and oxygen atoms in total. The number of ether oxygens (including phenoxy) is 1. The third-order valence-corrected chi connectivity index (χ3v) is 1.63. The molecule has 0 atom stereocenters. The van der Waals surface area contributed by atoms with Gasteiger partial charge in [-0.25, -0.2) is 4.39 Å². The molecule has 0 fully saturated rings. The molecule has 0 bridgehead atoms. The highest BCUT2D eigenvalue weighted by Gasteiger charge is 2.05. The lowest BCUT2D eigenvalue weighted by Gasteiger charge is -2.04. The molecule has 0 saturated carbocycles. The number of hydrogen-bond donors (Lipinski definition) is 1. The zero-order chi connectivity index (χ0) is 10.6. The average Bonchev–Trinajstić information content (AvgIpc) is 2.14. The third-order valence-electron chi connectivity index (χ3n) is 1.63. The van der Waals surface area contributed by atoms with E-state index in [0.29, 0.717) is 5.56 Å². The highest BCUT2D eigenvalue weighted by atomic mass is 19.1. The Hall–Kier alpha value is -1.84. The molecular weight excluding hydrogens is 185 g/mol. The van der Waals surface area contributed by atoms with E-state index in [1.807, 2.05) is 0 Å². The van der Waals surface area contributed by atoms with Crippen molar-refractivity contribution in [1.82, 2.24) is 0 Å². The Balaban J connectivity index is 3.08. The molecule has 1 rings (SSSR count). The Bertz CT molecular complexity index is 374. The summed E-state index contributed by atoms with van der Waals surface area (Å²) in [5.41, 5.74) is 5.39. The van der Waals surface area contributed by atoms with Gasteiger partial charge < -0.3 is 10.5 Å². The van der Waals surface area contributed by atoms with Crippen LogP contribution in [0.4, 0.5) is 4.39 Å². The molecule has 1 amide bonds. The number of rotatable bonds is 3. The highest BCUT2D eigenvalue weighted by molar-refractivity contribution is 5.90. The summed E-state index contributed by atoms with van der Waals surface area (Å²) in [7, 11) is 1.36. The first-order chi connectivity index (χ1) is 6.65. The summed E-state index contributed by atoms with van der Waals surface area (Å²) < 4.78 is 17.9. The molecule has 4 heteroatoms. The number of amides is 1. The normalized spacial score (nSPS) is 10.4. The van der Waals surface area contributed by atoms with Crippen LogP contribution in [0.15, 0.2) is 24.3 Å². The first-order valence-electron chi connectivity index (χ1n) is 3.95. The predicted octanol–water partition coefficient (Wildman–Crippen LogP) is 1.33. The number of carbonyl (C=O) groups is 1. The van der Waals surface area contributed by atoms with Gasteiger partial charge in [-0.05, 0) is 12.1 Å². The summed E-state index contributed by atoms with van der Waals surface area (Å²) in [6, 6.07) is 4.43. The second kappa shape index (κ2) is 4.41. The Morgan fingerprint density at radius 1 is 1.57 bits per heavy atom. The number of nitrogens with two attached hydrogens (primary N) is 1. The maximum Gasteiger partial charge on any atom is 0.241 e. The zero-order valence-corrected chi connectivity index (χ0v) is 7.66. The molecule has 0 aliphatic heterocycles. The van der Waals surface area contributed by atoms with Gasteiger partial charge in [0.05, 0.1) is 7.11 Å². The molecule has 0 aromatic heterocycles. The molecule has 0 unspecified atom stereocenters. The van der Waals surface area contributed by atoms with Gasteiger partial charge in [0.15, 0.2) is 11.6 Å². The van der Waals surface area contributed by atoms with Gasteiger partial charge in [-0.3, -0.25) is 4.79 Å². The van der Waals surface area contributed by atoms with Crippen molar-refractivity contribution in [2.45, 2.75) is 0 Å². The van der Waals surface area contributed by atoms with Crippen molar-refractivity contribution in [2.75, 3.05) is 7.11 Å². The third kappa shape index (κ3) is 2.32. The number of para-hydroxylation sites is 1. The van der Waals surface area contributed by atoms with Gasteiger partial charge in [0, 0.05) is 11.6 Å². The van der Waals surface area contributed by atoms with Gasteiger partial charge in [0.25, 0.3) is 0 Å². The van der Waals surface area contributed by atoms with Crippen LogP contribution < -0.4 is 10.5 Å². The van der Waals surface area contributed by atoms with Gasteiger partial charge in [-0.1, -0.05) is 12.1 Å². The summed E-state index contributed by atoms with van der Waals surface area (Å²) >= 11 is 0. The topological polar surface area (TPSA) is 52.3 Å². The molecule has 1 aromatic carbocycles. The van der Waals surface area contributed by atoms with Gasteiger partial charge in [-0.15, -0.1) is 0 Å². The maximum absolute atomic E-state index is 13.1. The lowest BCUT2D eigenvalue weighted by Crippen LogP contribution is -2.05. The molecule has 1 aromatic rings. The van der Waals surface area contributed by atoms with E-state index in [-0.39, 0.29) is 5.75 Å². The second-order valence-corrected chi connectivity index (χ2v) is 2.60. The summed E-state index contributed by atoms with van der Waals surface area (Å²) in [4.78, 5) is 10.5. The monoisotopic (exact) mass is 195 g/mol. The number of carbonyl (C=O) groups excluding carboxylic acids is 1. The lowest BCUT2D eigenvalue weighted by molar-refractivity contribution is -0.113. The molecular formula is C10H10FNO2. The minimum atomic E-state index is -0.587. The minimum Gasteiger partial charge on any atom is -0.493 e. The Morgan fingerprint density at radius 3 is 2.86 bits per heavy atom. The largest absolute Gasteiger partial charge is 0.493 e. The van der Waals surface area contributed by atoms with E-state index < -0.39 is 11.7 Å². The molecule has 0 aliphatic rings. The van der Waals surface area contributed by atoms with Crippen LogP contribution in [-0.4, -0.2) is 13.0 Å². The fourth-order valence-electron chi connectivity index (χ4n) is 1.04. The van der Waals surface area contributed by atoms with Crippen LogP contribution in [-0.2, 0) is 4.79 Å². The van der Waals surface area contributed by atoms with E-state index in [0.717, 1.165) is 6.08 Å². The summed E-state index contributed by atoms with van der Waals surface area (Å²) in [6.07, 6.45) is 2.56. The van der Waals surface area contributed by atoms with E-state index in [2.05, 4.69) is 0 Å². The van der Waals surface area contributed by atoms with Gasteiger partial charge in [-0.2, -0.15) is 0 Å². The lowest BCUT2D eigenvalue weighted by atomic mass is 10.2.